The molecule has 2 unspecified atom stereocenters. The number of carbonyl (C=O) groups is 1. The molecule has 2 heteroatoms. The Kier molecular flexibility index (Phi) is 3.27. The van der Waals surface area contributed by atoms with E-state index in [1.165, 1.54) is 19.3 Å². The van der Waals surface area contributed by atoms with Crippen molar-refractivity contribution in [3.05, 3.63) is 0 Å². The number of carbonyl (C=O) groups excluding carboxylic acids is 1. The van der Waals surface area contributed by atoms with Gasteiger partial charge in [0.2, 0.25) is 0 Å². The van der Waals surface area contributed by atoms with E-state index in [9.17, 15) is 4.79 Å². The van der Waals surface area contributed by atoms with E-state index >= 15 is 0 Å². The third-order valence-corrected chi connectivity index (χ3v) is 3.01. The number of ketones is 1. The zero-order chi connectivity index (χ0) is 9.14. The van der Waals surface area contributed by atoms with Gasteiger partial charge in [-0.3, -0.25) is 4.79 Å². The fraction of sp³-hybridized carbons (Fsp3) is 0.900. The lowest BCUT2D eigenvalue weighted by atomic mass is 9.77. The van der Waals surface area contributed by atoms with Crippen LogP contribution in [-0.2, 0) is 4.79 Å². The van der Waals surface area contributed by atoms with Gasteiger partial charge in [-0.05, 0) is 25.2 Å². The molecule has 0 aromatic heterocycles. The first-order valence-electron chi connectivity index (χ1n) is 4.87. The van der Waals surface area contributed by atoms with Gasteiger partial charge in [-0.2, -0.15) is 0 Å². The Morgan fingerprint density at radius 2 is 2.17 bits per heavy atom. The highest BCUT2D eigenvalue weighted by atomic mass is 16.1. The zero-order valence-corrected chi connectivity index (χ0v) is 8.05. The van der Waals surface area contributed by atoms with E-state index in [-0.39, 0.29) is 11.8 Å². The molecular formula is C10H19NO. The molecule has 0 radical (unpaired) electrons. The van der Waals surface area contributed by atoms with Crippen LogP contribution in [0.1, 0.15) is 39.5 Å². The highest BCUT2D eigenvalue weighted by Crippen LogP contribution is 2.32. The summed E-state index contributed by atoms with van der Waals surface area (Å²) in [6.45, 7) is 3.67. The minimum absolute atomic E-state index is 0.127. The fourth-order valence-electron chi connectivity index (χ4n) is 1.80. The molecule has 0 aliphatic heterocycles. The van der Waals surface area contributed by atoms with Crippen LogP contribution in [0.4, 0.5) is 0 Å². The highest BCUT2D eigenvalue weighted by Gasteiger charge is 2.24. The van der Waals surface area contributed by atoms with Crippen molar-refractivity contribution in [2.75, 3.05) is 0 Å². The molecule has 2 atom stereocenters. The topological polar surface area (TPSA) is 43.1 Å². The van der Waals surface area contributed by atoms with Gasteiger partial charge >= 0.3 is 0 Å². The second-order valence-electron chi connectivity index (χ2n) is 4.15. The Balaban J connectivity index is 2.25. The van der Waals surface area contributed by atoms with E-state index in [0.29, 0.717) is 5.92 Å². The molecule has 0 spiro atoms. The van der Waals surface area contributed by atoms with Crippen molar-refractivity contribution in [2.24, 2.45) is 17.6 Å². The molecule has 0 amide bonds. The van der Waals surface area contributed by atoms with Gasteiger partial charge in [0.15, 0.2) is 0 Å². The Morgan fingerprint density at radius 3 is 2.50 bits per heavy atom. The molecule has 0 saturated heterocycles. The van der Waals surface area contributed by atoms with Gasteiger partial charge in [-0.1, -0.05) is 26.2 Å². The Morgan fingerprint density at radius 1 is 1.58 bits per heavy atom. The van der Waals surface area contributed by atoms with Crippen LogP contribution in [0.25, 0.3) is 0 Å². The molecule has 2 N–H and O–H groups in total. The maximum Gasteiger partial charge on any atom is 0.146 e. The van der Waals surface area contributed by atoms with Crippen LogP contribution in [0.15, 0.2) is 0 Å². The second kappa shape index (κ2) is 4.04. The van der Waals surface area contributed by atoms with Crippen molar-refractivity contribution in [3.63, 3.8) is 0 Å². The summed E-state index contributed by atoms with van der Waals surface area (Å²) in [5, 5.41) is 0. The van der Waals surface area contributed by atoms with E-state index in [4.69, 9.17) is 5.73 Å². The third-order valence-electron chi connectivity index (χ3n) is 3.01. The lowest BCUT2D eigenvalue weighted by Gasteiger charge is -2.29. The summed E-state index contributed by atoms with van der Waals surface area (Å²) in [5.41, 5.74) is 5.74. The molecule has 0 aromatic carbocycles. The molecule has 70 valence electrons. The lowest BCUT2D eigenvalue weighted by molar-refractivity contribution is -0.119. The minimum atomic E-state index is -0.231. The molecule has 12 heavy (non-hydrogen) atoms. The normalized spacial score (nSPS) is 22.9. The standard InChI is InChI=1S/C10H19NO/c1-7(10(11)8(2)12)6-9-4-3-5-9/h7,9-10H,3-6,11H2,1-2H3. The minimum Gasteiger partial charge on any atom is -0.321 e. The van der Waals surface area contributed by atoms with E-state index in [1.807, 2.05) is 0 Å². The predicted octanol–water partition coefficient (Wildman–Crippen LogP) is 1.73. The van der Waals surface area contributed by atoms with Gasteiger partial charge in [0.1, 0.15) is 5.78 Å². The molecule has 0 bridgehead atoms. The van der Waals surface area contributed by atoms with Crippen molar-refractivity contribution < 1.29 is 4.79 Å². The van der Waals surface area contributed by atoms with Crippen LogP contribution in [0.2, 0.25) is 0 Å². The van der Waals surface area contributed by atoms with Gasteiger partial charge in [-0.15, -0.1) is 0 Å². The Labute approximate surface area is 74.5 Å². The number of Topliss-reactive ketones (excluding diaryl/α,β-unsaturated/α-hetero) is 1. The largest absolute Gasteiger partial charge is 0.321 e. The van der Waals surface area contributed by atoms with E-state index in [2.05, 4.69) is 6.92 Å². The molecule has 0 heterocycles. The summed E-state index contributed by atoms with van der Waals surface area (Å²) in [6.07, 6.45) is 5.19. The van der Waals surface area contributed by atoms with Crippen LogP contribution in [-0.4, -0.2) is 11.8 Å². The molecule has 2 nitrogen and oxygen atoms in total. The predicted molar refractivity (Wildman–Crippen MR) is 49.8 cm³/mol. The van der Waals surface area contributed by atoms with Crippen LogP contribution in [0, 0.1) is 11.8 Å². The molecule has 1 saturated carbocycles. The molecule has 1 fully saturated rings. The third kappa shape index (κ3) is 2.31. The van der Waals surface area contributed by atoms with Gasteiger partial charge in [-0.25, -0.2) is 0 Å². The first-order valence-corrected chi connectivity index (χ1v) is 4.87. The van der Waals surface area contributed by atoms with Gasteiger partial charge in [0.25, 0.3) is 0 Å². The number of hydrogen-bond acceptors (Lipinski definition) is 2. The summed E-state index contributed by atoms with van der Waals surface area (Å²) < 4.78 is 0. The zero-order valence-electron chi connectivity index (χ0n) is 8.05. The Hall–Kier alpha value is -0.370. The summed E-state index contributed by atoms with van der Waals surface area (Å²) in [4.78, 5) is 10.9. The van der Waals surface area contributed by atoms with Crippen LogP contribution in [0.3, 0.4) is 0 Å². The molecule has 1 aliphatic carbocycles. The van der Waals surface area contributed by atoms with Gasteiger partial charge in [0.05, 0.1) is 6.04 Å². The summed E-state index contributed by atoms with van der Waals surface area (Å²) in [7, 11) is 0. The monoisotopic (exact) mass is 169 g/mol. The average Bonchev–Trinajstić information content (AvgIpc) is 1.94. The van der Waals surface area contributed by atoms with Crippen LogP contribution >= 0.6 is 0 Å². The van der Waals surface area contributed by atoms with Crippen LogP contribution in [0.5, 0.6) is 0 Å². The summed E-state index contributed by atoms with van der Waals surface area (Å²) in [6, 6.07) is -0.231. The average molecular weight is 169 g/mol. The molecular weight excluding hydrogens is 150 g/mol. The quantitative estimate of drug-likeness (QED) is 0.696. The lowest BCUT2D eigenvalue weighted by Crippen LogP contribution is -2.36. The number of rotatable bonds is 4. The number of nitrogens with two attached hydrogens (primary N) is 1. The van der Waals surface area contributed by atoms with Gasteiger partial charge in [0, 0.05) is 0 Å². The van der Waals surface area contributed by atoms with Crippen LogP contribution < -0.4 is 5.73 Å². The van der Waals surface area contributed by atoms with Crippen molar-refractivity contribution >= 4 is 5.78 Å². The fourth-order valence-corrected chi connectivity index (χ4v) is 1.80. The SMILES string of the molecule is CC(=O)C(N)C(C)CC1CCC1. The smallest absolute Gasteiger partial charge is 0.146 e. The first-order chi connectivity index (χ1) is 5.61. The number of hydrogen-bond donors (Lipinski definition) is 1. The van der Waals surface area contributed by atoms with Crippen molar-refractivity contribution in [3.8, 4) is 0 Å². The van der Waals surface area contributed by atoms with Crippen molar-refractivity contribution in [2.45, 2.75) is 45.6 Å². The van der Waals surface area contributed by atoms with Crippen molar-refractivity contribution in [1.82, 2.24) is 0 Å². The van der Waals surface area contributed by atoms with Crippen molar-refractivity contribution in [1.29, 1.82) is 0 Å². The first kappa shape index (κ1) is 9.72. The summed E-state index contributed by atoms with van der Waals surface area (Å²) in [5.74, 6) is 1.35. The highest BCUT2D eigenvalue weighted by molar-refractivity contribution is 5.81. The van der Waals surface area contributed by atoms with E-state index in [0.717, 1.165) is 12.3 Å². The molecule has 1 rings (SSSR count). The Bertz CT molecular complexity index is 163. The van der Waals surface area contributed by atoms with E-state index in [1.54, 1.807) is 6.92 Å². The maximum atomic E-state index is 10.9. The molecule has 1 aliphatic rings. The molecule has 0 aromatic rings. The van der Waals surface area contributed by atoms with E-state index < -0.39 is 0 Å². The second-order valence-corrected chi connectivity index (χ2v) is 4.15. The van der Waals surface area contributed by atoms with Gasteiger partial charge < -0.3 is 5.73 Å². The summed E-state index contributed by atoms with van der Waals surface area (Å²) >= 11 is 0. The maximum absolute atomic E-state index is 10.9.